The first-order valence-corrected chi connectivity index (χ1v) is 4.89. The SMILES string of the molecule is Cc1ncccc1C(=O)NCC(C)(C)N. The van der Waals surface area contributed by atoms with E-state index in [0.29, 0.717) is 12.1 Å². The van der Waals surface area contributed by atoms with Crippen LogP contribution >= 0.6 is 0 Å². The van der Waals surface area contributed by atoms with Crippen molar-refractivity contribution >= 4 is 5.91 Å². The number of aromatic nitrogens is 1. The van der Waals surface area contributed by atoms with E-state index in [-0.39, 0.29) is 5.91 Å². The fourth-order valence-electron chi connectivity index (χ4n) is 1.13. The van der Waals surface area contributed by atoms with Gasteiger partial charge >= 0.3 is 0 Å². The van der Waals surface area contributed by atoms with E-state index in [0.717, 1.165) is 5.69 Å². The first kappa shape index (κ1) is 11.7. The van der Waals surface area contributed by atoms with E-state index >= 15 is 0 Å². The minimum absolute atomic E-state index is 0.126. The number of carbonyl (C=O) groups is 1. The largest absolute Gasteiger partial charge is 0.350 e. The second-order valence-corrected chi connectivity index (χ2v) is 4.31. The molecule has 0 bridgehead atoms. The number of nitrogens with two attached hydrogens (primary N) is 1. The van der Waals surface area contributed by atoms with Crippen molar-refractivity contribution in [3.05, 3.63) is 29.6 Å². The van der Waals surface area contributed by atoms with Gasteiger partial charge in [-0.25, -0.2) is 0 Å². The molecule has 0 saturated carbocycles. The van der Waals surface area contributed by atoms with Crippen LogP contribution in [-0.4, -0.2) is 23.0 Å². The van der Waals surface area contributed by atoms with E-state index in [4.69, 9.17) is 5.73 Å². The Morgan fingerprint density at radius 2 is 2.27 bits per heavy atom. The maximum atomic E-state index is 11.7. The molecule has 4 heteroatoms. The van der Waals surface area contributed by atoms with Gasteiger partial charge in [-0.05, 0) is 32.9 Å². The zero-order valence-corrected chi connectivity index (χ0v) is 9.37. The maximum absolute atomic E-state index is 11.7. The molecule has 1 amide bonds. The smallest absolute Gasteiger partial charge is 0.253 e. The molecule has 0 aliphatic rings. The molecule has 3 N–H and O–H groups in total. The highest BCUT2D eigenvalue weighted by atomic mass is 16.1. The first-order valence-electron chi connectivity index (χ1n) is 4.89. The molecule has 1 aromatic rings. The number of hydrogen-bond acceptors (Lipinski definition) is 3. The van der Waals surface area contributed by atoms with E-state index < -0.39 is 5.54 Å². The van der Waals surface area contributed by atoms with Gasteiger partial charge in [0.15, 0.2) is 0 Å². The van der Waals surface area contributed by atoms with Crippen molar-refractivity contribution < 1.29 is 4.79 Å². The third-order valence-corrected chi connectivity index (χ3v) is 1.96. The lowest BCUT2D eigenvalue weighted by Crippen LogP contribution is -2.45. The number of hydrogen-bond donors (Lipinski definition) is 2. The summed E-state index contributed by atoms with van der Waals surface area (Å²) in [5.74, 6) is -0.126. The number of aryl methyl sites for hydroxylation is 1. The third-order valence-electron chi connectivity index (χ3n) is 1.96. The molecule has 0 unspecified atom stereocenters. The highest BCUT2D eigenvalue weighted by Gasteiger charge is 2.14. The molecular formula is C11H17N3O. The standard InChI is InChI=1S/C11H17N3O/c1-8-9(5-4-6-13-8)10(15)14-7-11(2,3)12/h4-6H,7,12H2,1-3H3,(H,14,15). The van der Waals surface area contributed by atoms with Crippen molar-refractivity contribution in [3.63, 3.8) is 0 Å². The van der Waals surface area contributed by atoms with Gasteiger partial charge in [-0.3, -0.25) is 9.78 Å². The van der Waals surface area contributed by atoms with Crippen molar-refractivity contribution in [3.8, 4) is 0 Å². The predicted molar refractivity (Wildman–Crippen MR) is 59.6 cm³/mol. The number of nitrogens with one attached hydrogen (secondary N) is 1. The normalized spacial score (nSPS) is 11.2. The topological polar surface area (TPSA) is 68.0 Å². The first-order chi connectivity index (χ1) is 6.90. The summed E-state index contributed by atoms with van der Waals surface area (Å²) in [5.41, 5.74) is 6.70. The Labute approximate surface area is 89.9 Å². The van der Waals surface area contributed by atoms with E-state index in [2.05, 4.69) is 10.3 Å². The van der Waals surface area contributed by atoms with Crippen LogP contribution in [0, 0.1) is 6.92 Å². The molecule has 0 spiro atoms. The number of carbonyl (C=O) groups excluding carboxylic acids is 1. The minimum atomic E-state index is -0.397. The van der Waals surface area contributed by atoms with Gasteiger partial charge in [0.05, 0.1) is 5.56 Å². The molecule has 0 aromatic carbocycles. The van der Waals surface area contributed by atoms with Crippen molar-refractivity contribution in [2.45, 2.75) is 26.3 Å². The van der Waals surface area contributed by atoms with Gasteiger partial charge in [0.25, 0.3) is 5.91 Å². The molecule has 0 saturated heterocycles. The minimum Gasteiger partial charge on any atom is -0.350 e. The van der Waals surface area contributed by atoms with Crippen LogP contribution in [-0.2, 0) is 0 Å². The summed E-state index contributed by atoms with van der Waals surface area (Å²) in [4.78, 5) is 15.8. The number of pyridine rings is 1. The van der Waals surface area contributed by atoms with Crippen molar-refractivity contribution in [1.29, 1.82) is 0 Å². The molecule has 1 heterocycles. The molecule has 0 aliphatic carbocycles. The van der Waals surface area contributed by atoms with Crippen molar-refractivity contribution in [1.82, 2.24) is 10.3 Å². The van der Waals surface area contributed by atoms with Gasteiger partial charge in [-0.2, -0.15) is 0 Å². The lowest BCUT2D eigenvalue weighted by molar-refractivity contribution is 0.0945. The summed E-state index contributed by atoms with van der Waals surface area (Å²) in [6, 6.07) is 3.50. The van der Waals surface area contributed by atoms with Gasteiger partial charge in [0, 0.05) is 24.0 Å². The second-order valence-electron chi connectivity index (χ2n) is 4.31. The quantitative estimate of drug-likeness (QED) is 0.772. The van der Waals surface area contributed by atoms with Crippen LogP contribution in [0.5, 0.6) is 0 Å². The van der Waals surface area contributed by atoms with Crippen LogP contribution in [0.25, 0.3) is 0 Å². The molecule has 0 atom stereocenters. The van der Waals surface area contributed by atoms with Gasteiger partial charge in [-0.1, -0.05) is 0 Å². The van der Waals surface area contributed by atoms with Crippen LogP contribution in [0.3, 0.4) is 0 Å². The van der Waals surface area contributed by atoms with Gasteiger partial charge in [-0.15, -0.1) is 0 Å². The van der Waals surface area contributed by atoms with E-state index in [1.165, 1.54) is 0 Å². The van der Waals surface area contributed by atoms with Crippen molar-refractivity contribution in [2.75, 3.05) is 6.54 Å². The number of nitrogens with zero attached hydrogens (tertiary/aromatic N) is 1. The summed E-state index contributed by atoms with van der Waals surface area (Å²) in [5, 5.41) is 2.78. The Hall–Kier alpha value is -1.42. The van der Waals surface area contributed by atoms with Gasteiger partial charge in [0.2, 0.25) is 0 Å². The predicted octanol–water partition coefficient (Wildman–Crippen LogP) is 0.857. The average Bonchev–Trinajstić information content (AvgIpc) is 2.14. The van der Waals surface area contributed by atoms with Gasteiger partial charge in [0.1, 0.15) is 0 Å². The number of rotatable bonds is 3. The molecule has 1 rings (SSSR count). The van der Waals surface area contributed by atoms with E-state index in [1.807, 2.05) is 20.8 Å². The molecule has 15 heavy (non-hydrogen) atoms. The van der Waals surface area contributed by atoms with Crippen molar-refractivity contribution in [2.24, 2.45) is 5.73 Å². The summed E-state index contributed by atoms with van der Waals surface area (Å²) in [6.45, 7) is 5.98. The highest BCUT2D eigenvalue weighted by Crippen LogP contribution is 2.03. The Bertz CT molecular complexity index is 355. The molecule has 0 aliphatic heterocycles. The van der Waals surface area contributed by atoms with E-state index in [9.17, 15) is 4.79 Å². The van der Waals surface area contributed by atoms with Crippen LogP contribution < -0.4 is 11.1 Å². The van der Waals surface area contributed by atoms with E-state index in [1.54, 1.807) is 18.3 Å². The summed E-state index contributed by atoms with van der Waals surface area (Å²) in [6.07, 6.45) is 1.67. The monoisotopic (exact) mass is 207 g/mol. The van der Waals surface area contributed by atoms with Crippen LogP contribution in [0.4, 0.5) is 0 Å². The molecule has 1 aromatic heterocycles. The lowest BCUT2D eigenvalue weighted by Gasteiger charge is -2.19. The summed E-state index contributed by atoms with van der Waals surface area (Å²) >= 11 is 0. The highest BCUT2D eigenvalue weighted by molar-refractivity contribution is 5.95. The summed E-state index contributed by atoms with van der Waals surface area (Å²) in [7, 11) is 0. The third kappa shape index (κ3) is 3.67. The Kier molecular flexibility index (Phi) is 3.42. The molecular weight excluding hydrogens is 190 g/mol. The van der Waals surface area contributed by atoms with Crippen LogP contribution in [0.2, 0.25) is 0 Å². The van der Waals surface area contributed by atoms with Gasteiger partial charge < -0.3 is 11.1 Å². The average molecular weight is 207 g/mol. The Morgan fingerprint density at radius 3 is 2.80 bits per heavy atom. The fraction of sp³-hybridized carbons (Fsp3) is 0.455. The second kappa shape index (κ2) is 4.40. The van der Waals surface area contributed by atoms with Crippen LogP contribution in [0.1, 0.15) is 29.9 Å². The lowest BCUT2D eigenvalue weighted by atomic mass is 10.1. The molecule has 82 valence electrons. The molecule has 4 nitrogen and oxygen atoms in total. The maximum Gasteiger partial charge on any atom is 0.253 e. The Morgan fingerprint density at radius 1 is 1.60 bits per heavy atom. The zero-order valence-electron chi connectivity index (χ0n) is 9.37. The Balaban J connectivity index is 2.66. The number of amides is 1. The zero-order chi connectivity index (χ0) is 11.5. The van der Waals surface area contributed by atoms with Crippen LogP contribution in [0.15, 0.2) is 18.3 Å². The molecule has 0 fully saturated rings. The summed E-state index contributed by atoms with van der Waals surface area (Å²) < 4.78 is 0. The molecule has 0 radical (unpaired) electrons. The fourth-order valence-corrected chi connectivity index (χ4v) is 1.13.